The second-order valence-electron chi connectivity index (χ2n) is 6.96. The molecule has 160 valence electrons. The lowest BCUT2D eigenvalue weighted by Crippen LogP contribution is -2.29. The number of aryl methyl sites for hydroxylation is 1. The van der Waals surface area contributed by atoms with Crippen molar-refractivity contribution in [1.82, 2.24) is 20.3 Å². The number of rotatable bonds is 4. The molecule has 2 heterocycles. The minimum absolute atomic E-state index is 0.208. The molecule has 0 radical (unpaired) electrons. The number of halogens is 4. The number of carbonyl (C=O) groups excluding carboxylic acids is 1. The van der Waals surface area contributed by atoms with E-state index in [1.54, 1.807) is 26.0 Å². The number of nitrogens with one attached hydrogen (secondary N) is 1. The summed E-state index contributed by atoms with van der Waals surface area (Å²) in [6, 6.07) is 10.9. The molecule has 1 unspecified atom stereocenters. The SMILES string of the molecule is Cc1c(C(C)NC(=O)c2nnn(-c3cccc(F)c3)c2C(F)(F)F)oc2ccccc12. The van der Waals surface area contributed by atoms with Crippen LogP contribution < -0.4 is 5.32 Å². The molecule has 2 aromatic carbocycles. The second kappa shape index (κ2) is 7.53. The fourth-order valence-electron chi connectivity index (χ4n) is 3.41. The Morgan fingerprint density at radius 3 is 2.58 bits per heavy atom. The van der Waals surface area contributed by atoms with E-state index in [0.29, 0.717) is 16.0 Å². The van der Waals surface area contributed by atoms with E-state index in [9.17, 15) is 22.4 Å². The molecule has 4 rings (SSSR count). The lowest BCUT2D eigenvalue weighted by atomic mass is 10.1. The van der Waals surface area contributed by atoms with Crippen LogP contribution in [0.3, 0.4) is 0 Å². The first kappa shape index (κ1) is 20.6. The molecule has 0 saturated carbocycles. The monoisotopic (exact) mass is 432 g/mol. The van der Waals surface area contributed by atoms with Gasteiger partial charge in [0, 0.05) is 10.9 Å². The predicted molar refractivity (Wildman–Crippen MR) is 103 cm³/mol. The normalized spacial score (nSPS) is 12.8. The van der Waals surface area contributed by atoms with Crippen LogP contribution in [-0.4, -0.2) is 20.9 Å². The molecule has 0 bridgehead atoms. The third kappa shape index (κ3) is 3.76. The molecular weight excluding hydrogens is 416 g/mol. The van der Waals surface area contributed by atoms with E-state index < -0.39 is 35.3 Å². The standard InChI is InChI=1S/C21H16F4N4O2/c1-11-15-8-3-4-9-16(15)31-18(11)12(2)26-20(30)17-19(21(23,24)25)29(28-27-17)14-7-5-6-13(22)10-14/h3-10,12H,1-2H3,(H,26,30). The van der Waals surface area contributed by atoms with Crippen LogP contribution in [0.2, 0.25) is 0 Å². The van der Waals surface area contributed by atoms with Gasteiger partial charge in [-0.05, 0) is 38.1 Å². The van der Waals surface area contributed by atoms with Crippen LogP contribution >= 0.6 is 0 Å². The Kier molecular flexibility index (Phi) is 5.00. The molecule has 4 aromatic rings. The first-order valence-corrected chi connectivity index (χ1v) is 9.24. The third-order valence-corrected chi connectivity index (χ3v) is 4.83. The van der Waals surface area contributed by atoms with Crippen molar-refractivity contribution in [2.24, 2.45) is 0 Å². The molecule has 6 nitrogen and oxygen atoms in total. The smallest absolute Gasteiger partial charge is 0.435 e. The Labute approximate surface area is 173 Å². The maximum atomic E-state index is 13.8. The third-order valence-electron chi connectivity index (χ3n) is 4.83. The van der Waals surface area contributed by atoms with Gasteiger partial charge in [0.1, 0.15) is 17.2 Å². The van der Waals surface area contributed by atoms with Crippen LogP contribution in [0.4, 0.5) is 17.6 Å². The first-order chi connectivity index (χ1) is 14.7. The van der Waals surface area contributed by atoms with Crippen molar-refractivity contribution in [2.75, 3.05) is 0 Å². The summed E-state index contributed by atoms with van der Waals surface area (Å²) >= 11 is 0. The summed E-state index contributed by atoms with van der Waals surface area (Å²) in [6.45, 7) is 3.39. The molecule has 2 aromatic heterocycles. The first-order valence-electron chi connectivity index (χ1n) is 9.24. The van der Waals surface area contributed by atoms with Crippen molar-refractivity contribution >= 4 is 16.9 Å². The number of aromatic nitrogens is 3. The largest absolute Gasteiger partial charge is 0.459 e. The Bertz CT molecular complexity index is 1280. The zero-order valence-electron chi connectivity index (χ0n) is 16.4. The van der Waals surface area contributed by atoms with E-state index in [1.807, 2.05) is 12.1 Å². The molecule has 0 spiro atoms. The average Bonchev–Trinajstić information content (AvgIpc) is 3.30. The molecule has 1 N–H and O–H groups in total. The highest BCUT2D eigenvalue weighted by molar-refractivity contribution is 5.94. The van der Waals surface area contributed by atoms with Gasteiger partial charge in [0.2, 0.25) is 0 Å². The topological polar surface area (TPSA) is 73.0 Å². The van der Waals surface area contributed by atoms with Gasteiger partial charge in [-0.15, -0.1) is 5.10 Å². The summed E-state index contributed by atoms with van der Waals surface area (Å²) < 4.78 is 60.9. The summed E-state index contributed by atoms with van der Waals surface area (Å²) in [5.74, 6) is -1.41. The molecular formula is C21H16F4N4O2. The number of furan rings is 1. The second-order valence-corrected chi connectivity index (χ2v) is 6.96. The molecule has 0 aliphatic carbocycles. The van der Waals surface area contributed by atoms with Gasteiger partial charge in [0.25, 0.3) is 5.91 Å². The van der Waals surface area contributed by atoms with Crippen molar-refractivity contribution in [3.63, 3.8) is 0 Å². The van der Waals surface area contributed by atoms with Gasteiger partial charge in [-0.25, -0.2) is 9.07 Å². The van der Waals surface area contributed by atoms with E-state index in [1.165, 1.54) is 12.1 Å². The zero-order valence-corrected chi connectivity index (χ0v) is 16.4. The van der Waals surface area contributed by atoms with Crippen LogP contribution in [-0.2, 0) is 6.18 Å². The summed E-state index contributed by atoms with van der Waals surface area (Å²) in [4.78, 5) is 12.7. The Hall–Kier alpha value is -3.69. The quantitative estimate of drug-likeness (QED) is 0.462. The molecule has 10 heteroatoms. The lowest BCUT2D eigenvalue weighted by molar-refractivity contribution is -0.143. The van der Waals surface area contributed by atoms with E-state index >= 15 is 0 Å². The number of alkyl halides is 3. The average molecular weight is 432 g/mol. The fourth-order valence-corrected chi connectivity index (χ4v) is 3.41. The molecule has 0 fully saturated rings. The number of fused-ring (bicyclic) bond motifs is 1. The van der Waals surface area contributed by atoms with Crippen LogP contribution in [0.1, 0.15) is 40.5 Å². The van der Waals surface area contributed by atoms with E-state index in [2.05, 4.69) is 15.6 Å². The van der Waals surface area contributed by atoms with Crippen LogP contribution in [0.5, 0.6) is 0 Å². The summed E-state index contributed by atoms with van der Waals surface area (Å²) in [5, 5.41) is 10.2. The molecule has 0 aliphatic rings. The highest BCUT2D eigenvalue weighted by atomic mass is 19.4. The van der Waals surface area contributed by atoms with Gasteiger partial charge in [-0.2, -0.15) is 13.2 Å². The predicted octanol–water partition coefficient (Wildman–Crippen LogP) is 4.97. The molecule has 1 amide bonds. The van der Waals surface area contributed by atoms with Gasteiger partial charge in [-0.3, -0.25) is 4.79 Å². The number of amides is 1. The molecule has 0 saturated heterocycles. The van der Waals surface area contributed by atoms with Crippen LogP contribution in [0.25, 0.3) is 16.7 Å². The summed E-state index contributed by atoms with van der Waals surface area (Å²) in [7, 11) is 0. The number of hydrogen-bond donors (Lipinski definition) is 1. The van der Waals surface area contributed by atoms with Gasteiger partial charge < -0.3 is 9.73 Å². The minimum Gasteiger partial charge on any atom is -0.459 e. The van der Waals surface area contributed by atoms with Crippen molar-refractivity contribution in [3.8, 4) is 5.69 Å². The van der Waals surface area contributed by atoms with Crippen molar-refractivity contribution < 1.29 is 26.8 Å². The van der Waals surface area contributed by atoms with Gasteiger partial charge in [0.15, 0.2) is 11.4 Å². The number of benzene rings is 2. The van der Waals surface area contributed by atoms with Crippen LogP contribution in [0.15, 0.2) is 52.9 Å². The lowest BCUT2D eigenvalue weighted by Gasteiger charge is -2.14. The Balaban J connectivity index is 1.69. The van der Waals surface area contributed by atoms with Crippen molar-refractivity contribution in [1.29, 1.82) is 0 Å². The van der Waals surface area contributed by atoms with E-state index in [0.717, 1.165) is 23.1 Å². The number of para-hydroxylation sites is 1. The zero-order chi connectivity index (χ0) is 22.3. The molecule has 0 aliphatic heterocycles. The van der Waals surface area contributed by atoms with E-state index in [-0.39, 0.29) is 5.69 Å². The minimum atomic E-state index is -4.96. The van der Waals surface area contributed by atoms with E-state index in [4.69, 9.17) is 4.42 Å². The fraction of sp³-hybridized carbons (Fsp3) is 0.190. The maximum absolute atomic E-state index is 13.8. The summed E-state index contributed by atoms with van der Waals surface area (Å²) in [5.41, 5.74) is -1.16. The highest BCUT2D eigenvalue weighted by Gasteiger charge is 2.42. The number of hydrogen-bond acceptors (Lipinski definition) is 4. The highest BCUT2D eigenvalue weighted by Crippen LogP contribution is 2.34. The Morgan fingerprint density at radius 1 is 1.16 bits per heavy atom. The Morgan fingerprint density at radius 2 is 1.90 bits per heavy atom. The number of nitrogens with zero attached hydrogens (tertiary/aromatic N) is 3. The summed E-state index contributed by atoms with van der Waals surface area (Å²) in [6.07, 6.45) is -4.96. The molecule has 31 heavy (non-hydrogen) atoms. The molecule has 1 atom stereocenters. The number of carbonyl (C=O) groups is 1. The van der Waals surface area contributed by atoms with Crippen molar-refractivity contribution in [2.45, 2.75) is 26.1 Å². The van der Waals surface area contributed by atoms with Gasteiger partial charge in [0.05, 0.1) is 11.7 Å². The van der Waals surface area contributed by atoms with Gasteiger partial charge >= 0.3 is 6.18 Å². The van der Waals surface area contributed by atoms with Crippen LogP contribution in [0, 0.1) is 12.7 Å². The van der Waals surface area contributed by atoms with Crippen molar-refractivity contribution in [3.05, 3.63) is 77.1 Å². The van der Waals surface area contributed by atoms with Gasteiger partial charge in [-0.1, -0.05) is 29.5 Å². The maximum Gasteiger partial charge on any atom is 0.435 e.